The summed E-state index contributed by atoms with van der Waals surface area (Å²) in [4.78, 5) is 2.36. The molecule has 0 aromatic heterocycles. The number of alkyl halides is 3. The number of nitrogens with zero attached hydrogens (tertiary/aromatic N) is 1. The Labute approximate surface area is 135 Å². The molecule has 3 nitrogen and oxygen atoms in total. The Kier molecular flexibility index (Phi) is 6.30. The molecule has 1 aliphatic rings. The fourth-order valence-corrected chi connectivity index (χ4v) is 3.37. The van der Waals surface area contributed by atoms with Crippen molar-refractivity contribution in [3.05, 3.63) is 29.8 Å². The van der Waals surface area contributed by atoms with Gasteiger partial charge in [-0.15, -0.1) is 13.2 Å². The van der Waals surface area contributed by atoms with Crippen LogP contribution in [0.2, 0.25) is 0 Å². The van der Waals surface area contributed by atoms with Crippen LogP contribution in [0.3, 0.4) is 0 Å². The molecule has 1 unspecified atom stereocenters. The Balaban J connectivity index is 2.25. The summed E-state index contributed by atoms with van der Waals surface area (Å²) in [6.07, 6.45) is -2.56. The first kappa shape index (κ1) is 18.1. The van der Waals surface area contributed by atoms with Crippen LogP contribution in [0.5, 0.6) is 5.75 Å². The molecule has 1 saturated heterocycles. The van der Waals surface area contributed by atoms with E-state index in [2.05, 4.69) is 28.8 Å². The van der Waals surface area contributed by atoms with E-state index in [4.69, 9.17) is 0 Å². The summed E-state index contributed by atoms with van der Waals surface area (Å²) in [5.74, 6) is 0.234. The molecule has 6 heteroatoms. The van der Waals surface area contributed by atoms with Gasteiger partial charge in [-0.1, -0.05) is 32.4 Å². The van der Waals surface area contributed by atoms with E-state index >= 15 is 0 Å². The summed E-state index contributed by atoms with van der Waals surface area (Å²) in [6, 6.07) is 6.56. The first-order valence-electron chi connectivity index (χ1n) is 8.21. The predicted molar refractivity (Wildman–Crippen MR) is 84.4 cm³/mol. The zero-order chi connectivity index (χ0) is 16.9. The molecule has 2 atom stereocenters. The van der Waals surface area contributed by atoms with Gasteiger partial charge in [-0.3, -0.25) is 4.90 Å². The van der Waals surface area contributed by atoms with Gasteiger partial charge in [0.2, 0.25) is 0 Å². The Morgan fingerprint density at radius 3 is 2.57 bits per heavy atom. The van der Waals surface area contributed by atoms with Gasteiger partial charge >= 0.3 is 6.36 Å². The Bertz CT molecular complexity index is 487. The molecule has 0 saturated carbocycles. The van der Waals surface area contributed by atoms with Crippen molar-refractivity contribution in [3.8, 4) is 5.75 Å². The van der Waals surface area contributed by atoms with Crippen molar-refractivity contribution in [3.63, 3.8) is 0 Å². The lowest BCUT2D eigenvalue weighted by Gasteiger charge is -2.38. The number of hydrogen-bond acceptors (Lipinski definition) is 3. The smallest absolute Gasteiger partial charge is 0.406 e. The minimum atomic E-state index is -4.65. The number of hydrogen-bond donors (Lipinski definition) is 1. The summed E-state index contributed by atoms with van der Waals surface area (Å²) in [7, 11) is 0. The largest absolute Gasteiger partial charge is 0.573 e. The number of halogens is 3. The van der Waals surface area contributed by atoms with Crippen molar-refractivity contribution < 1.29 is 17.9 Å². The van der Waals surface area contributed by atoms with E-state index in [1.807, 2.05) is 6.07 Å². The second kappa shape index (κ2) is 8.02. The van der Waals surface area contributed by atoms with Crippen molar-refractivity contribution in [2.24, 2.45) is 5.92 Å². The third-order valence-corrected chi connectivity index (χ3v) is 4.26. The molecule has 1 aromatic rings. The lowest BCUT2D eigenvalue weighted by molar-refractivity contribution is -0.274. The van der Waals surface area contributed by atoms with Crippen LogP contribution in [0.15, 0.2) is 24.3 Å². The van der Waals surface area contributed by atoms with E-state index in [0.29, 0.717) is 5.92 Å². The van der Waals surface area contributed by atoms with Gasteiger partial charge in [-0.2, -0.15) is 0 Å². The second-order valence-corrected chi connectivity index (χ2v) is 6.12. The van der Waals surface area contributed by atoms with Crippen molar-refractivity contribution >= 4 is 0 Å². The monoisotopic (exact) mass is 330 g/mol. The van der Waals surface area contributed by atoms with Crippen LogP contribution in [0, 0.1) is 5.92 Å². The van der Waals surface area contributed by atoms with E-state index in [1.54, 1.807) is 6.07 Å². The third kappa shape index (κ3) is 5.39. The van der Waals surface area contributed by atoms with Gasteiger partial charge in [-0.25, -0.2) is 0 Å². The highest BCUT2D eigenvalue weighted by molar-refractivity contribution is 5.31. The third-order valence-electron chi connectivity index (χ3n) is 4.26. The topological polar surface area (TPSA) is 24.5 Å². The Morgan fingerprint density at radius 1 is 1.26 bits per heavy atom. The van der Waals surface area contributed by atoms with E-state index in [9.17, 15) is 13.2 Å². The van der Waals surface area contributed by atoms with Crippen LogP contribution in [0.1, 0.15) is 38.3 Å². The summed E-state index contributed by atoms with van der Waals surface area (Å²) in [5.41, 5.74) is 0.898. The minimum absolute atomic E-state index is 0.119. The predicted octanol–water partition coefficient (Wildman–Crippen LogP) is 3.97. The average molecular weight is 330 g/mol. The Morgan fingerprint density at radius 2 is 1.96 bits per heavy atom. The van der Waals surface area contributed by atoms with Gasteiger partial charge in [0.05, 0.1) is 0 Å². The molecule has 1 N–H and O–H groups in total. The molecule has 130 valence electrons. The molecule has 1 aromatic carbocycles. The van der Waals surface area contributed by atoms with Crippen molar-refractivity contribution in [1.29, 1.82) is 0 Å². The first-order valence-corrected chi connectivity index (χ1v) is 8.21. The summed E-state index contributed by atoms with van der Waals surface area (Å²) in [5, 5.41) is 3.32. The van der Waals surface area contributed by atoms with Crippen molar-refractivity contribution in [1.82, 2.24) is 10.2 Å². The van der Waals surface area contributed by atoms with Crippen LogP contribution < -0.4 is 10.1 Å². The normalized spacial score (nSPS) is 19.3. The van der Waals surface area contributed by atoms with Crippen molar-refractivity contribution in [2.45, 2.75) is 39.1 Å². The van der Waals surface area contributed by atoms with Crippen LogP contribution in [-0.4, -0.2) is 37.4 Å². The molecular weight excluding hydrogens is 305 g/mol. The summed E-state index contributed by atoms with van der Waals surface area (Å²) >= 11 is 0. The molecular formula is C17H25F3N2O. The van der Waals surface area contributed by atoms with Gasteiger partial charge in [-0.05, 0) is 30.0 Å². The number of rotatable bonds is 6. The number of piperazine rings is 1. The van der Waals surface area contributed by atoms with Crippen LogP contribution in [0.4, 0.5) is 13.2 Å². The molecule has 0 spiro atoms. The highest BCUT2D eigenvalue weighted by Crippen LogP contribution is 2.34. The number of ether oxygens (including phenoxy) is 1. The molecule has 0 aliphatic carbocycles. The van der Waals surface area contributed by atoms with Crippen molar-refractivity contribution in [2.75, 3.05) is 26.2 Å². The molecule has 1 fully saturated rings. The van der Waals surface area contributed by atoms with Gasteiger partial charge in [0.25, 0.3) is 0 Å². The number of benzene rings is 1. The molecule has 0 bridgehead atoms. The maximum atomic E-state index is 12.5. The highest BCUT2D eigenvalue weighted by Gasteiger charge is 2.32. The van der Waals surface area contributed by atoms with Gasteiger partial charge in [0.15, 0.2) is 0 Å². The average Bonchev–Trinajstić information content (AvgIpc) is 2.47. The van der Waals surface area contributed by atoms with Gasteiger partial charge in [0, 0.05) is 32.2 Å². The maximum Gasteiger partial charge on any atom is 0.573 e. The summed E-state index contributed by atoms with van der Waals surface area (Å²) in [6.45, 7) is 7.94. The van der Waals surface area contributed by atoms with E-state index in [0.717, 1.165) is 44.6 Å². The van der Waals surface area contributed by atoms with E-state index in [1.165, 1.54) is 12.1 Å². The minimum Gasteiger partial charge on any atom is -0.406 e. The fourth-order valence-electron chi connectivity index (χ4n) is 3.37. The van der Waals surface area contributed by atoms with E-state index in [-0.39, 0.29) is 11.8 Å². The zero-order valence-corrected chi connectivity index (χ0v) is 13.7. The van der Waals surface area contributed by atoms with Gasteiger partial charge in [0.1, 0.15) is 5.75 Å². The molecule has 0 amide bonds. The SMILES string of the molecule is CCCC(C)[C@H](c1cccc(OC(F)(F)F)c1)N1CCNCC1. The van der Waals surface area contributed by atoms with E-state index < -0.39 is 6.36 Å². The highest BCUT2D eigenvalue weighted by atomic mass is 19.4. The number of nitrogens with one attached hydrogen (secondary N) is 1. The first-order chi connectivity index (χ1) is 10.9. The van der Waals surface area contributed by atoms with Crippen LogP contribution in [0.25, 0.3) is 0 Å². The lowest BCUT2D eigenvalue weighted by atomic mass is 9.89. The van der Waals surface area contributed by atoms with Crippen LogP contribution in [-0.2, 0) is 0 Å². The molecule has 1 aliphatic heterocycles. The standard InChI is InChI=1S/C17H25F3N2O/c1-3-5-13(2)16(22-10-8-21-9-11-22)14-6-4-7-15(12-14)23-17(18,19)20/h4,6-7,12-13,16,21H,3,5,8-11H2,1-2H3/t13?,16-/m1/s1. The maximum absolute atomic E-state index is 12.5. The lowest BCUT2D eigenvalue weighted by Crippen LogP contribution is -2.46. The molecule has 0 radical (unpaired) electrons. The fraction of sp³-hybridized carbons (Fsp3) is 0.647. The van der Waals surface area contributed by atoms with Crippen LogP contribution >= 0.6 is 0 Å². The Hall–Kier alpha value is -1.27. The quantitative estimate of drug-likeness (QED) is 0.854. The second-order valence-electron chi connectivity index (χ2n) is 6.12. The molecule has 2 rings (SSSR count). The molecule has 1 heterocycles. The zero-order valence-electron chi connectivity index (χ0n) is 13.7. The molecule has 23 heavy (non-hydrogen) atoms. The summed E-state index contributed by atoms with van der Waals surface area (Å²) < 4.78 is 41.5. The van der Waals surface area contributed by atoms with Gasteiger partial charge < -0.3 is 10.1 Å².